The average Bonchev–Trinajstić information content (AvgIpc) is 2.52. The molecular weight excluding hydrogens is 311 g/mol. The Morgan fingerprint density at radius 3 is 2.52 bits per heavy atom. The largest absolute Gasteiger partial charge is 0.481 e. The number of nitrogens with one attached hydrogen (secondary N) is 1. The molecule has 0 bridgehead atoms. The predicted octanol–water partition coefficient (Wildman–Crippen LogP) is 2.74. The van der Waals surface area contributed by atoms with Gasteiger partial charge < -0.3 is 10.1 Å². The van der Waals surface area contributed by atoms with E-state index in [0.717, 1.165) is 17.7 Å². The number of halogens is 3. The third-order valence-electron chi connectivity index (χ3n) is 3.08. The Morgan fingerprint density at radius 1 is 1.26 bits per heavy atom. The molecule has 0 aliphatic heterocycles. The summed E-state index contributed by atoms with van der Waals surface area (Å²) in [5.41, 5.74) is -0.174. The maximum Gasteiger partial charge on any atom is 0.433 e. The van der Waals surface area contributed by atoms with Gasteiger partial charge in [0.05, 0.1) is 18.4 Å². The Balaban J connectivity index is 2.05. The third kappa shape index (κ3) is 4.18. The van der Waals surface area contributed by atoms with Crippen LogP contribution in [0.2, 0.25) is 0 Å². The molecule has 122 valence electrons. The highest BCUT2D eigenvalue weighted by Crippen LogP contribution is 2.28. The molecule has 0 spiro atoms. The van der Waals surface area contributed by atoms with Gasteiger partial charge in [0.2, 0.25) is 5.88 Å². The smallest absolute Gasteiger partial charge is 0.433 e. The number of carbonyl (C=O) groups is 1. The highest BCUT2D eigenvalue weighted by Gasteiger charge is 2.33. The topological polar surface area (TPSA) is 64.1 Å². The molecule has 0 unspecified atom stereocenters. The van der Waals surface area contributed by atoms with Gasteiger partial charge in [0.15, 0.2) is 0 Å². The number of ether oxygens (including phenoxy) is 1. The van der Waals surface area contributed by atoms with Crippen molar-refractivity contribution >= 4 is 5.91 Å². The van der Waals surface area contributed by atoms with Crippen molar-refractivity contribution in [3.8, 4) is 5.88 Å². The van der Waals surface area contributed by atoms with Crippen LogP contribution in [0, 0.1) is 6.92 Å². The van der Waals surface area contributed by atoms with Crippen LogP contribution in [0.1, 0.15) is 27.3 Å². The summed E-state index contributed by atoms with van der Waals surface area (Å²) >= 11 is 0. The summed E-state index contributed by atoms with van der Waals surface area (Å²) < 4.78 is 42.6. The predicted molar refractivity (Wildman–Crippen MR) is 75.9 cm³/mol. The van der Waals surface area contributed by atoms with Crippen LogP contribution in [0.3, 0.4) is 0 Å². The van der Waals surface area contributed by atoms with E-state index in [9.17, 15) is 18.0 Å². The molecule has 5 nitrogen and oxygen atoms in total. The molecular formula is C15H14F3N3O2. The van der Waals surface area contributed by atoms with Crippen molar-refractivity contribution < 1.29 is 22.7 Å². The second-order valence-corrected chi connectivity index (χ2v) is 4.72. The van der Waals surface area contributed by atoms with Crippen LogP contribution in [0.25, 0.3) is 0 Å². The monoisotopic (exact) mass is 325 g/mol. The van der Waals surface area contributed by atoms with E-state index in [4.69, 9.17) is 4.74 Å². The highest BCUT2D eigenvalue weighted by molar-refractivity contribution is 5.95. The van der Waals surface area contributed by atoms with Crippen molar-refractivity contribution in [2.45, 2.75) is 19.6 Å². The molecule has 8 heteroatoms. The second kappa shape index (κ2) is 6.64. The van der Waals surface area contributed by atoms with E-state index in [-0.39, 0.29) is 17.8 Å². The number of carbonyl (C=O) groups excluding carboxylic acids is 1. The van der Waals surface area contributed by atoms with Crippen LogP contribution in [0.4, 0.5) is 13.2 Å². The van der Waals surface area contributed by atoms with Gasteiger partial charge in [-0.2, -0.15) is 13.2 Å². The SMILES string of the molecule is COc1ccc(CNC(=O)c2ccc(C(F)(F)F)nc2C)cn1. The molecule has 0 aliphatic rings. The molecule has 0 fully saturated rings. The summed E-state index contributed by atoms with van der Waals surface area (Å²) in [7, 11) is 1.49. The normalized spacial score (nSPS) is 11.2. The van der Waals surface area contributed by atoms with Crippen LogP contribution in [0.15, 0.2) is 30.5 Å². The summed E-state index contributed by atoms with van der Waals surface area (Å²) in [5, 5.41) is 2.61. The first-order valence-electron chi connectivity index (χ1n) is 6.63. The molecule has 0 aliphatic carbocycles. The Labute approximate surface area is 130 Å². The van der Waals surface area contributed by atoms with Crippen molar-refractivity contribution in [3.63, 3.8) is 0 Å². The first-order valence-corrected chi connectivity index (χ1v) is 6.63. The van der Waals surface area contributed by atoms with Crippen LogP contribution in [0.5, 0.6) is 5.88 Å². The van der Waals surface area contributed by atoms with Crippen LogP contribution in [-0.4, -0.2) is 23.0 Å². The molecule has 2 aromatic heterocycles. The van der Waals surface area contributed by atoms with E-state index in [0.29, 0.717) is 5.88 Å². The second-order valence-electron chi connectivity index (χ2n) is 4.72. The van der Waals surface area contributed by atoms with Gasteiger partial charge in [-0.15, -0.1) is 0 Å². The number of aromatic nitrogens is 2. The Hall–Kier alpha value is -2.64. The van der Waals surface area contributed by atoms with E-state index >= 15 is 0 Å². The molecule has 0 saturated heterocycles. The van der Waals surface area contributed by atoms with Crippen molar-refractivity contribution in [1.82, 2.24) is 15.3 Å². The molecule has 0 aromatic carbocycles. The van der Waals surface area contributed by atoms with Gasteiger partial charge in [0.25, 0.3) is 5.91 Å². The zero-order valence-electron chi connectivity index (χ0n) is 12.4. The van der Waals surface area contributed by atoms with E-state index in [1.165, 1.54) is 20.2 Å². The molecule has 0 radical (unpaired) electrons. The van der Waals surface area contributed by atoms with Gasteiger partial charge in [-0.05, 0) is 24.6 Å². The van der Waals surface area contributed by atoms with Gasteiger partial charge in [-0.3, -0.25) is 4.79 Å². The quantitative estimate of drug-likeness (QED) is 0.939. The van der Waals surface area contributed by atoms with Crippen molar-refractivity contribution in [3.05, 3.63) is 53.0 Å². The molecule has 2 heterocycles. The average molecular weight is 325 g/mol. The number of pyridine rings is 2. The van der Waals surface area contributed by atoms with Crippen LogP contribution < -0.4 is 10.1 Å². The van der Waals surface area contributed by atoms with Crippen molar-refractivity contribution in [2.24, 2.45) is 0 Å². The zero-order chi connectivity index (χ0) is 17.0. The molecule has 23 heavy (non-hydrogen) atoms. The lowest BCUT2D eigenvalue weighted by Gasteiger charge is -2.10. The fourth-order valence-corrected chi connectivity index (χ4v) is 1.87. The molecule has 0 atom stereocenters. The van der Waals surface area contributed by atoms with Gasteiger partial charge >= 0.3 is 6.18 Å². The lowest BCUT2D eigenvalue weighted by atomic mass is 10.1. The number of nitrogens with zero attached hydrogens (tertiary/aromatic N) is 2. The van der Waals surface area contributed by atoms with Crippen molar-refractivity contribution in [2.75, 3.05) is 7.11 Å². The third-order valence-corrected chi connectivity index (χ3v) is 3.08. The Bertz CT molecular complexity index is 700. The minimum absolute atomic E-state index is 0.0187. The van der Waals surface area contributed by atoms with Gasteiger partial charge in [0.1, 0.15) is 5.69 Å². The maximum atomic E-state index is 12.6. The maximum absolute atomic E-state index is 12.6. The molecule has 2 aromatic rings. The summed E-state index contributed by atoms with van der Waals surface area (Å²) in [6.45, 7) is 1.55. The van der Waals surface area contributed by atoms with Crippen LogP contribution in [-0.2, 0) is 12.7 Å². The van der Waals surface area contributed by atoms with E-state index in [1.54, 1.807) is 12.1 Å². The summed E-state index contributed by atoms with van der Waals surface area (Å²) in [6.07, 6.45) is -2.99. The lowest BCUT2D eigenvalue weighted by Crippen LogP contribution is -2.24. The molecule has 1 N–H and O–H groups in total. The van der Waals surface area contributed by atoms with E-state index in [1.807, 2.05) is 0 Å². The minimum Gasteiger partial charge on any atom is -0.481 e. The number of hydrogen-bond donors (Lipinski definition) is 1. The number of rotatable bonds is 4. The number of alkyl halides is 3. The van der Waals surface area contributed by atoms with Gasteiger partial charge in [0, 0.05) is 18.8 Å². The lowest BCUT2D eigenvalue weighted by molar-refractivity contribution is -0.141. The summed E-state index contributed by atoms with van der Waals surface area (Å²) in [6, 6.07) is 5.28. The van der Waals surface area contributed by atoms with E-state index in [2.05, 4.69) is 15.3 Å². The number of aryl methyl sites for hydroxylation is 1. The number of hydrogen-bond acceptors (Lipinski definition) is 4. The first kappa shape index (κ1) is 16.7. The minimum atomic E-state index is -4.53. The fraction of sp³-hybridized carbons (Fsp3) is 0.267. The van der Waals surface area contributed by atoms with Crippen molar-refractivity contribution in [1.29, 1.82) is 0 Å². The Morgan fingerprint density at radius 2 is 2.00 bits per heavy atom. The first-order chi connectivity index (χ1) is 10.8. The van der Waals surface area contributed by atoms with Crippen LogP contribution >= 0.6 is 0 Å². The number of methoxy groups -OCH3 is 1. The van der Waals surface area contributed by atoms with Gasteiger partial charge in [-0.25, -0.2) is 9.97 Å². The zero-order valence-corrected chi connectivity index (χ0v) is 12.4. The molecule has 1 amide bonds. The highest BCUT2D eigenvalue weighted by atomic mass is 19.4. The van der Waals surface area contributed by atoms with Gasteiger partial charge in [-0.1, -0.05) is 6.07 Å². The fourth-order valence-electron chi connectivity index (χ4n) is 1.87. The Kier molecular flexibility index (Phi) is 4.83. The summed E-state index contributed by atoms with van der Waals surface area (Å²) in [5.74, 6) is -0.0533. The number of amides is 1. The van der Waals surface area contributed by atoms with E-state index < -0.39 is 17.8 Å². The molecule has 0 saturated carbocycles. The molecule has 2 rings (SSSR count). The standard InChI is InChI=1S/C15H14F3N3O2/c1-9-11(4-5-12(21-9)15(16,17)18)14(22)20-8-10-3-6-13(23-2)19-7-10/h3-7H,8H2,1-2H3,(H,20,22). The summed E-state index contributed by atoms with van der Waals surface area (Å²) in [4.78, 5) is 19.5.